The molecular weight excluding hydrogens is 554 g/mol. The number of methoxy groups -OCH3 is 1. The first-order chi connectivity index (χ1) is 18.0. The van der Waals surface area contributed by atoms with Crippen LogP contribution in [0.15, 0.2) is 82.6 Å². The molecule has 0 heterocycles. The maximum Gasteiger partial charge on any atom is 0.264 e. The number of anilines is 1. The molecule has 0 aliphatic carbocycles. The van der Waals surface area contributed by atoms with E-state index in [-0.39, 0.29) is 39.4 Å². The zero-order chi connectivity index (χ0) is 27.9. The van der Waals surface area contributed by atoms with E-state index < -0.39 is 32.5 Å². The van der Waals surface area contributed by atoms with E-state index in [1.165, 1.54) is 69.7 Å². The third-order valence-corrected chi connectivity index (χ3v) is 9.16. The molecule has 0 saturated carbocycles. The van der Waals surface area contributed by atoms with E-state index in [0.29, 0.717) is 5.75 Å². The van der Waals surface area contributed by atoms with Crippen molar-refractivity contribution in [3.8, 4) is 11.5 Å². The van der Waals surface area contributed by atoms with Crippen LogP contribution in [0.25, 0.3) is 0 Å². The Morgan fingerprint density at radius 2 is 1.53 bits per heavy atom. The summed E-state index contributed by atoms with van der Waals surface area (Å²) in [6, 6.07) is 18.1. The molecule has 0 aromatic heterocycles. The molecule has 10 nitrogen and oxygen atoms in total. The van der Waals surface area contributed by atoms with Gasteiger partial charge >= 0.3 is 0 Å². The number of nitrogens with one attached hydrogen (secondary N) is 1. The molecule has 38 heavy (non-hydrogen) atoms. The van der Waals surface area contributed by atoms with Gasteiger partial charge in [-0.25, -0.2) is 21.1 Å². The molecule has 0 saturated heterocycles. The SMILES string of the molecule is COc1ccc(Cl)cc1N(CC(=O)NCCOc1ccc(S(=O)(=O)N(C)C)cc1)S(=O)(=O)c1ccccc1. The Morgan fingerprint density at radius 3 is 2.13 bits per heavy atom. The summed E-state index contributed by atoms with van der Waals surface area (Å²) in [5, 5.41) is 2.90. The third kappa shape index (κ3) is 6.95. The maximum atomic E-state index is 13.5. The zero-order valence-corrected chi connectivity index (χ0v) is 23.4. The summed E-state index contributed by atoms with van der Waals surface area (Å²) in [4.78, 5) is 12.9. The van der Waals surface area contributed by atoms with Gasteiger partial charge in [-0.2, -0.15) is 0 Å². The zero-order valence-electron chi connectivity index (χ0n) is 21.0. The van der Waals surface area contributed by atoms with Crippen LogP contribution in [-0.2, 0) is 24.8 Å². The van der Waals surface area contributed by atoms with E-state index in [2.05, 4.69) is 5.32 Å². The molecule has 0 aliphatic rings. The van der Waals surface area contributed by atoms with Crippen LogP contribution in [0.5, 0.6) is 11.5 Å². The first-order valence-electron chi connectivity index (χ1n) is 11.3. The average Bonchev–Trinajstić information content (AvgIpc) is 2.90. The van der Waals surface area contributed by atoms with Crippen molar-refractivity contribution in [2.45, 2.75) is 9.79 Å². The summed E-state index contributed by atoms with van der Waals surface area (Å²) >= 11 is 6.13. The van der Waals surface area contributed by atoms with Gasteiger partial charge in [0, 0.05) is 19.1 Å². The van der Waals surface area contributed by atoms with Gasteiger partial charge in [-0.05, 0) is 54.6 Å². The molecule has 1 N–H and O–H groups in total. The highest BCUT2D eigenvalue weighted by molar-refractivity contribution is 7.93. The van der Waals surface area contributed by atoms with E-state index in [4.69, 9.17) is 21.1 Å². The second-order valence-corrected chi connectivity index (χ2v) is 12.5. The van der Waals surface area contributed by atoms with E-state index >= 15 is 0 Å². The highest BCUT2D eigenvalue weighted by Crippen LogP contribution is 2.34. The van der Waals surface area contributed by atoms with Crippen LogP contribution >= 0.6 is 11.6 Å². The van der Waals surface area contributed by atoms with Crippen LogP contribution in [0, 0.1) is 0 Å². The van der Waals surface area contributed by atoms with Crippen molar-refractivity contribution in [2.24, 2.45) is 0 Å². The Bertz CT molecular complexity index is 1460. The highest BCUT2D eigenvalue weighted by Gasteiger charge is 2.29. The summed E-state index contributed by atoms with van der Waals surface area (Å²) in [7, 11) is -3.43. The molecule has 0 atom stereocenters. The number of amides is 1. The largest absolute Gasteiger partial charge is 0.495 e. The molecule has 1 amide bonds. The fourth-order valence-corrected chi connectivity index (χ4v) is 5.85. The Morgan fingerprint density at radius 1 is 0.895 bits per heavy atom. The lowest BCUT2D eigenvalue weighted by Crippen LogP contribution is -2.42. The van der Waals surface area contributed by atoms with Crippen LogP contribution in [0.2, 0.25) is 5.02 Å². The Kier molecular flexibility index (Phi) is 9.60. The summed E-state index contributed by atoms with van der Waals surface area (Å²) in [6.07, 6.45) is 0. The lowest BCUT2D eigenvalue weighted by molar-refractivity contribution is -0.119. The van der Waals surface area contributed by atoms with Gasteiger partial charge in [0.05, 0.1) is 29.1 Å². The van der Waals surface area contributed by atoms with Crippen molar-refractivity contribution in [1.82, 2.24) is 9.62 Å². The number of carbonyl (C=O) groups is 1. The Hall–Kier alpha value is -3.32. The number of hydrogen-bond acceptors (Lipinski definition) is 7. The van der Waals surface area contributed by atoms with Gasteiger partial charge in [0.15, 0.2) is 0 Å². The average molecular weight is 582 g/mol. The number of sulfonamides is 2. The van der Waals surface area contributed by atoms with Crippen LogP contribution < -0.4 is 19.1 Å². The van der Waals surface area contributed by atoms with Crippen molar-refractivity contribution in [2.75, 3.05) is 45.2 Å². The van der Waals surface area contributed by atoms with E-state index in [0.717, 1.165) is 8.61 Å². The molecule has 3 aromatic rings. The van der Waals surface area contributed by atoms with Crippen molar-refractivity contribution in [1.29, 1.82) is 0 Å². The maximum absolute atomic E-state index is 13.5. The van der Waals surface area contributed by atoms with Crippen LogP contribution in [0.3, 0.4) is 0 Å². The molecule has 3 rings (SSSR count). The van der Waals surface area contributed by atoms with Crippen molar-refractivity contribution in [3.05, 3.63) is 77.8 Å². The molecular formula is C25H28ClN3O7S2. The van der Waals surface area contributed by atoms with Crippen LogP contribution in [0.1, 0.15) is 0 Å². The third-order valence-electron chi connectivity index (χ3n) is 5.32. The molecule has 204 valence electrons. The van der Waals surface area contributed by atoms with Gasteiger partial charge in [0.1, 0.15) is 24.7 Å². The van der Waals surface area contributed by atoms with Crippen molar-refractivity contribution < 1.29 is 31.1 Å². The standard InChI is InChI=1S/C25H28ClN3O7S2/c1-28(2)37(31,32)22-12-10-20(11-13-22)36-16-15-27-25(30)18-29(23-17-19(26)9-14-24(23)35-3)38(33,34)21-7-5-4-6-8-21/h4-14,17H,15-16,18H2,1-3H3,(H,27,30). The van der Waals surface area contributed by atoms with Gasteiger partial charge in [0.2, 0.25) is 15.9 Å². The molecule has 0 radical (unpaired) electrons. The molecule has 0 spiro atoms. The molecule has 13 heteroatoms. The van der Waals surface area contributed by atoms with Crippen molar-refractivity contribution >= 4 is 43.2 Å². The number of rotatable bonds is 12. The summed E-state index contributed by atoms with van der Waals surface area (Å²) in [5.74, 6) is 0.0567. The summed E-state index contributed by atoms with van der Waals surface area (Å²) in [5.41, 5.74) is 0.114. The first kappa shape index (κ1) is 29.2. The number of nitrogens with zero attached hydrogens (tertiary/aromatic N) is 2. The first-order valence-corrected chi connectivity index (χ1v) is 14.6. The van der Waals surface area contributed by atoms with Crippen LogP contribution in [-0.4, -0.2) is 67.9 Å². The van der Waals surface area contributed by atoms with Gasteiger partial charge in [-0.1, -0.05) is 29.8 Å². The van der Waals surface area contributed by atoms with E-state index in [1.54, 1.807) is 24.3 Å². The fraction of sp³-hybridized carbons (Fsp3) is 0.240. The number of benzene rings is 3. The summed E-state index contributed by atoms with van der Waals surface area (Å²) < 4.78 is 64.2. The predicted molar refractivity (Wildman–Crippen MR) is 145 cm³/mol. The van der Waals surface area contributed by atoms with E-state index in [9.17, 15) is 21.6 Å². The smallest absolute Gasteiger partial charge is 0.264 e. The second kappa shape index (κ2) is 12.5. The minimum Gasteiger partial charge on any atom is -0.495 e. The molecule has 0 fully saturated rings. The topological polar surface area (TPSA) is 122 Å². The van der Waals surface area contributed by atoms with Gasteiger partial charge in [-0.3, -0.25) is 9.10 Å². The number of halogens is 1. The predicted octanol–water partition coefficient (Wildman–Crippen LogP) is 2.99. The molecule has 0 aliphatic heterocycles. The molecule has 0 bridgehead atoms. The normalized spacial score (nSPS) is 11.7. The number of carbonyl (C=O) groups excluding carboxylic acids is 1. The monoisotopic (exact) mass is 581 g/mol. The van der Waals surface area contributed by atoms with Gasteiger partial charge in [0.25, 0.3) is 10.0 Å². The minimum atomic E-state index is -4.14. The van der Waals surface area contributed by atoms with Crippen LogP contribution in [0.4, 0.5) is 5.69 Å². The highest BCUT2D eigenvalue weighted by atomic mass is 35.5. The minimum absolute atomic E-state index is 0.00195. The molecule has 0 unspecified atom stereocenters. The molecule has 3 aromatic carbocycles. The summed E-state index contributed by atoms with van der Waals surface area (Å²) in [6.45, 7) is -0.398. The lowest BCUT2D eigenvalue weighted by Gasteiger charge is -2.25. The second-order valence-electron chi connectivity index (χ2n) is 8.10. The van der Waals surface area contributed by atoms with Crippen molar-refractivity contribution in [3.63, 3.8) is 0 Å². The number of ether oxygens (including phenoxy) is 2. The quantitative estimate of drug-likeness (QED) is 0.326. The fourth-order valence-electron chi connectivity index (χ4n) is 3.34. The lowest BCUT2D eigenvalue weighted by atomic mass is 10.3. The Labute approximate surface area is 227 Å². The van der Waals surface area contributed by atoms with Gasteiger partial charge in [-0.15, -0.1) is 0 Å². The Balaban J connectivity index is 1.69. The number of hydrogen-bond donors (Lipinski definition) is 1. The van der Waals surface area contributed by atoms with E-state index in [1.807, 2.05) is 0 Å². The van der Waals surface area contributed by atoms with Gasteiger partial charge < -0.3 is 14.8 Å².